The Morgan fingerprint density at radius 1 is 1.25 bits per heavy atom. The molecule has 0 aliphatic heterocycles. The average molecular weight is 218 g/mol. The quantitative estimate of drug-likeness (QED) is 0.824. The van der Waals surface area contributed by atoms with E-state index >= 15 is 0 Å². The van der Waals surface area contributed by atoms with E-state index in [0.717, 1.165) is 5.56 Å². The summed E-state index contributed by atoms with van der Waals surface area (Å²) < 4.78 is 12.7. The maximum atomic E-state index is 12.7. The second kappa shape index (κ2) is 4.57. The minimum Gasteiger partial charge on any atom is -0.382 e. The number of nitrogens with zero attached hydrogens (tertiary/aromatic N) is 2. The standard InChI is InChI=1S/C11H11FN4/c12-9-3-1-8(2-4-9)5-15-10-6-14-7-16-11(10)13/h1-4,6-7,15H,5H2,(H2,13,14,16). The Balaban J connectivity index is 2.02. The third-order valence-electron chi connectivity index (χ3n) is 2.14. The van der Waals surface area contributed by atoms with Crippen molar-refractivity contribution >= 4 is 11.5 Å². The van der Waals surface area contributed by atoms with Crippen molar-refractivity contribution in [1.82, 2.24) is 9.97 Å². The molecule has 0 fully saturated rings. The number of nitrogen functional groups attached to an aromatic ring is 1. The van der Waals surface area contributed by atoms with Crippen LogP contribution in [0.3, 0.4) is 0 Å². The minimum absolute atomic E-state index is 0.244. The molecule has 0 saturated heterocycles. The van der Waals surface area contributed by atoms with Gasteiger partial charge in [-0.15, -0.1) is 0 Å². The van der Waals surface area contributed by atoms with Gasteiger partial charge >= 0.3 is 0 Å². The molecule has 0 spiro atoms. The van der Waals surface area contributed by atoms with Crippen molar-refractivity contribution in [2.75, 3.05) is 11.1 Å². The molecule has 2 aromatic rings. The number of benzene rings is 1. The third-order valence-corrected chi connectivity index (χ3v) is 2.14. The molecule has 5 heteroatoms. The molecule has 0 aliphatic rings. The first-order chi connectivity index (χ1) is 7.75. The van der Waals surface area contributed by atoms with Crippen LogP contribution in [0.25, 0.3) is 0 Å². The molecule has 82 valence electrons. The second-order valence-electron chi connectivity index (χ2n) is 3.30. The molecule has 2 rings (SSSR count). The summed E-state index contributed by atoms with van der Waals surface area (Å²) in [6.45, 7) is 0.553. The summed E-state index contributed by atoms with van der Waals surface area (Å²) in [6.07, 6.45) is 2.99. The van der Waals surface area contributed by atoms with Gasteiger partial charge in [0.2, 0.25) is 0 Å². The lowest BCUT2D eigenvalue weighted by molar-refractivity contribution is 0.627. The predicted molar refractivity (Wildman–Crippen MR) is 60.2 cm³/mol. The molecule has 3 N–H and O–H groups in total. The van der Waals surface area contributed by atoms with Gasteiger partial charge in [-0.1, -0.05) is 12.1 Å². The highest BCUT2D eigenvalue weighted by molar-refractivity contribution is 5.59. The van der Waals surface area contributed by atoms with Crippen LogP contribution in [0.5, 0.6) is 0 Å². The van der Waals surface area contributed by atoms with E-state index in [9.17, 15) is 4.39 Å². The molecule has 0 aliphatic carbocycles. The molecule has 0 atom stereocenters. The molecule has 0 unspecified atom stereocenters. The van der Waals surface area contributed by atoms with Gasteiger partial charge in [0.15, 0.2) is 0 Å². The summed E-state index contributed by atoms with van der Waals surface area (Å²) >= 11 is 0. The molecule has 16 heavy (non-hydrogen) atoms. The number of nitrogens with two attached hydrogens (primary N) is 1. The average Bonchev–Trinajstić information content (AvgIpc) is 2.30. The summed E-state index contributed by atoms with van der Waals surface area (Å²) in [7, 11) is 0. The Hall–Kier alpha value is -2.17. The van der Waals surface area contributed by atoms with Gasteiger partial charge in [-0.2, -0.15) is 0 Å². The van der Waals surface area contributed by atoms with Crippen LogP contribution in [-0.4, -0.2) is 9.97 Å². The molecule has 0 radical (unpaired) electrons. The van der Waals surface area contributed by atoms with Gasteiger partial charge in [0.25, 0.3) is 0 Å². The molecule has 0 saturated carbocycles. The lowest BCUT2D eigenvalue weighted by atomic mass is 10.2. The van der Waals surface area contributed by atoms with E-state index in [4.69, 9.17) is 5.73 Å². The summed E-state index contributed by atoms with van der Waals surface area (Å²) in [4.78, 5) is 7.71. The van der Waals surface area contributed by atoms with Crippen molar-refractivity contribution in [3.8, 4) is 0 Å². The SMILES string of the molecule is Nc1ncncc1NCc1ccc(F)cc1. The minimum atomic E-state index is -0.244. The summed E-state index contributed by atoms with van der Waals surface area (Å²) in [6, 6.07) is 6.26. The van der Waals surface area contributed by atoms with Crippen LogP contribution in [0, 0.1) is 5.82 Å². The van der Waals surface area contributed by atoms with Crippen LogP contribution in [0.1, 0.15) is 5.56 Å². The monoisotopic (exact) mass is 218 g/mol. The highest BCUT2D eigenvalue weighted by atomic mass is 19.1. The number of aromatic nitrogens is 2. The number of halogens is 1. The van der Waals surface area contributed by atoms with Crippen LogP contribution in [0.4, 0.5) is 15.9 Å². The van der Waals surface area contributed by atoms with Gasteiger partial charge in [-0.25, -0.2) is 14.4 Å². The molecule has 1 aromatic carbocycles. The molecule has 1 aromatic heterocycles. The summed E-state index contributed by atoms with van der Waals surface area (Å²) in [5.41, 5.74) is 7.27. The number of hydrogen-bond donors (Lipinski definition) is 2. The van der Waals surface area contributed by atoms with E-state index in [-0.39, 0.29) is 5.82 Å². The molecule has 1 heterocycles. The van der Waals surface area contributed by atoms with Gasteiger partial charge in [-0.3, -0.25) is 0 Å². The topological polar surface area (TPSA) is 63.8 Å². The van der Waals surface area contributed by atoms with Crippen molar-refractivity contribution < 1.29 is 4.39 Å². The second-order valence-corrected chi connectivity index (χ2v) is 3.30. The molecular weight excluding hydrogens is 207 g/mol. The number of anilines is 2. The van der Waals surface area contributed by atoms with Crippen LogP contribution in [-0.2, 0) is 6.54 Å². The van der Waals surface area contributed by atoms with Crippen molar-refractivity contribution in [2.24, 2.45) is 0 Å². The van der Waals surface area contributed by atoms with Gasteiger partial charge < -0.3 is 11.1 Å². The zero-order valence-electron chi connectivity index (χ0n) is 8.52. The van der Waals surface area contributed by atoms with Crippen LogP contribution in [0.2, 0.25) is 0 Å². The third kappa shape index (κ3) is 2.44. The van der Waals surface area contributed by atoms with E-state index < -0.39 is 0 Å². The summed E-state index contributed by atoms with van der Waals surface area (Å²) in [5, 5.41) is 3.08. The Morgan fingerprint density at radius 3 is 2.69 bits per heavy atom. The number of nitrogens with one attached hydrogen (secondary N) is 1. The normalized spacial score (nSPS) is 10.1. The molecule has 0 amide bonds. The Bertz CT molecular complexity index is 470. The van der Waals surface area contributed by atoms with Gasteiger partial charge in [-0.05, 0) is 17.7 Å². The maximum Gasteiger partial charge on any atom is 0.150 e. The predicted octanol–water partition coefficient (Wildman–Crippen LogP) is 1.81. The highest BCUT2D eigenvalue weighted by Crippen LogP contribution is 2.13. The van der Waals surface area contributed by atoms with E-state index in [0.29, 0.717) is 18.1 Å². The molecule has 0 bridgehead atoms. The molecule has 4 nitrogen and oxygen atoms in total. The summed E-state index contributed by atoms with van der Waals surface area (Å²) in [5.74, 6) is 0.156. The number of rotatable bonds is 3. The van der Waals surface area contributed by atoms with Gasteiger partial charge in [0.1, 0.15) is 18.0 Å². The van der Waals surface area contributed by atoms with E-state index in [1.807, 2.05) is 0 Å². The van der Waals surface area contributed by atoms with Gasteiger partial charge in [0, 0.05) is 6.54 Å². The van der Waals surface area contributed by atoms with Crippen molar-refractivity contribution in [1.29, 1.82) is 0 Å². The number of hydrogen-bond acceptors (Lipinski definition) is 4. The maximum absolute atomic E-state index is 12.7. The first kappa shape index (κ1) is 10.4. The molecular formula is C11H11FN4. The first-order valence-electron chi connectivity index (χ1n) is 4.79. The van der Waals surface area contributed by atoms with Crippen LogP contribution >= 0.6 is 0 Å². The zero-order valence-corrected chi connectivity index (χ0v) is 8.52. The van der Waals surface area contributed by atoms with Crippen LogP contribution in [0.15, 0.2) is 36.8 Å². The van der Waals surface area contributed by atoms with E-state index in [2.05, 4.69) is 15.3 Å². The fourth-order valence-corrected chi connectivity index (χ4v) is 1.27. The van der Waals surface area contributed by atoms with Crippen molar-refractivity contribution in [3.63, 3.8) is 0 Å². The smallest absolute Gasteiger partial charge is 0.150 e. The van der Waals surface area contributed by atoms with Crippen molar-refractivity contribution in [2.45, 2.75) is 6.54 Å². The fraction of sp³-hybridized carbons (Fsp3) is 0.0909. The Morgan fingerprint density at radius 2 is 2.00 bits per heavy atom. The largest absolute Gasteiger partial charge is 0.382 e. The van der Waals surface area contributed by atoms with E-state index in [1.165, 1.54) is 18.5 Å². The van der Waals surface area contributed by atoms with E-state index in [1.54, 1.807) is 18.3 Å². The highest BCUT2D eigenvalue weighted by Gasteiger charge is 1.99. The Labute approximate surface area is 92.3 Å². The van der Waals surface area contributed by atoms with Crippen molar-refractivity contribution in [3.05, 3.63) is 48.2 Å². The van der Waals surface area contributed by atoms with Gasteiger partial charge in [0.05, 0.1) is 11.9 Å². The lowest BCUT2D eigenvalue weighted by Gasteiger charge is -2.07. The first-order valence-corrected chi connectivity index (χ1v) is 4.79. The van der Waals surface area contributed by atoms with Crippen LogP contribution < -0.4 is 11.1 Å². The fourth-order valence-electron chi connectivity index (χ4n) is 1.27. The Kier molecular flexibility index (Phi) is 2.95. The lowest BCUT2D eigenvalue weighted by Crippen LogP contribution is -2.04. The zero-order chi connectivity index (χ0) is 11.4.